The first kappa shape index (κ1) is 18.5. The highest BCUT2D eigenvalue weighted by atomic mass is 16.5. The fourth-order valence-electron chi connectivity index (χ4n) is 2.47. The normalized spacial score (nSPS) is 10.0. The summed E-state index contributed by atoms with van der Waals surface area (Å²) in [7, 11) is 4.84. The van der Waals surface area contributed by atoms with Gasteiger partial charge in [0.15, 0.2) is 11.5 Å². The van der Waals surface area contributed by atoms with Crippen LogP contribution >= 0.6 is 0 Å². The summed E-state index contributed by atoms with van der Waals surface area (Å²) < 4.78 is 21.7. The number of rotatable bonds is 9. The van der Waals surface area contributed by atoms with Crippen LogP contribution in [0.25, 0.3) is 0 Å². The van der Waals surface area contributed by atoms with Gasteiger partial charge in [0, 0.05) is 30.3 Å². The predicted octanol–water partition coefficient (Wildman–Crippen LogP) is 3.01. The molecule has 2 rings (SSSR count). The van der Waals surface area contributed by atoms with Gasteiger partial charge in [0.25, 0.3) is 0 Å². The lowest BCUT2D eigenvalue weighted by Gasteiger charge is -2.15. The van der Waals surface area contributed by atoms with Gasteiger partial charge < -0.3 is 24.3 Å². The van der Waals surface area contributed by atoms with Crippen LogP contribution < -0.4 is 24.3 Å². The first-order valence-electron chi connectivity index (χ1n) is 7.87. The largest absolute Gasteiger partial charge is 0.496 e. The van der Waals surface area contributed by atoms with Crippen LogP contribution in [-0.2, 0) is 13.1 Å². The zero-order chi connectivity index (χ0) is 18.1. The molecule has 0 heterocycles. The molecule has 0 aliphatic rings. The fraction of sp³-hybridized carbons (Fsp3) is 0.300. The molecule has 0 spiro atoms. The molecule has 0 saturated carbocycles. The summed E-state index contributed by atoms with van der Waals surface area (Å²) in [4.78, 5) is 0. The highest BCUT2D eigenvalue weighted by Crippen LogP contribution is 2.34. The Morgan fingerprint density at radius 1 is 0.840 bits per heavy atom. The van der Waals surface area contributed by atoms with Crippen molar-refractivity contribution in [3.05, 3.63) is 47.5 Å². The first-order valence-corrected chi connectivity index (χ1v) is 7.87. The smallest absolute Gasteiger partial charge is 0.164 e. The molecule has 2 aromatic rings. The van der Waals surface area contributed by atoms with E-state index in [2.05, 4.69) is 11.2 Å². The third-order valence-electron chi connectivity index (χ3n) is 3.70. The van der Waals surface area contributed by atoms with Crippen LogP contribution in [-0.4, -0.2) is 27.9 Å². The van der Waals surface area contributed by atoms with Crippen LogP contribution in [0.3, 0.4) is 0 Å². The summed E-state index contributed by atoms with van der Waals surface area (Å²) in [6.45, 7) is 1.49. The molecule has 0 atom stereocenters. The maximum absolute atomic E-state index is 5.56. The monoisotopic (exact) mass is 341 g/mol. The molecular formula is C20H23NO4. The number of para-hydroxylation sites is 1. The number of benzene rings is 2. The molecular weight excluding hydrogens is 318 g/mol. The van der Waals surface area contributed by atoms with E-state index in [0.717, 1.165) is 22.6 Å². The van der Waals surface area contributed by atoms with Gasteiger partial charge in [0.2, 0.25) is 0 Å². The van der Waals surface area contributed by atoms with Gasteiger partial charge in [-0.3, -0.25) is 0 Å². The van der Waals surface area contributed by atoms with Gasteiger partial charge in [-0.15, -0.1) is 6.42 Å². The van der Waals surface area contributed by atoms with Gasteiger partial charge in [0.1, 0.15) is 18.1 Å². The number of terminal acetylenes is 1. The lowest BCUT2D eigenvalue weighted by Crippen LogP contribution is -2.14. The number of hydrogen-bond donors (Lipinski definition) is 1. The van der Waals surface area contributed by atoms with E-state index in [1.807, 2.05) is 36.4 Å². The predicted molar refractivity (Wildman–Crippen MR) is 97.4 cm³/mol. The van der Waals surface area contributed by atoms with Crippen LogP contribution in [0, 0.1) is 12.3 Å². The summed E-state index contributed by atoms with van der Waals surface area (Å²) in [5.74, 6) is 5.30. The zero-order valence-electron chi connectivity index (χ0n) is 14.8. The van der Waals surface area contributed by atoms with Gasteiger partial charge in [-0.25, -0.2) is 0 Å². The van der Waals surface area contributed by atoms with Gasteiger partial charge in [-0.2, -0.15) is 0 Å². The van der Waals surface area contributed by atoms with Crippen molar-refractivity contribution in [1.29, 1.82) is 0 Å². The van der Waals surface area contributed by atoms with E-state index in [1.165, 1.54) is 0 Å². The van der Waals surface area contributed by atoms with E-state index in [4.69, 9.17) is 25.4 Å². The molecule has 2 aromatic carbocycles. The van der Waals surface area contributed by atoms with Crippen molar-refractivity contribution in [1.82, 2.24) is 5.32 Å². The highest BCUT2D eigenvalue weighted by Gasteiger charge is 2.12. The molecule has 25 heavy (non-hydrogen) atoms. The number of ether oxygens (including phenoxy) is 4. The van der Waals surface area contributed by atoms with Gasteiger partial charge in [0.05, 0.1) is 21.3 Å². The van der Waals surface area contributed by atoms with E-state index in [-0.39, 0.29) is 6.61 Å². The summed E-state index contributed by atoms with van der Waals surface area (Å²) in [6.07, 6.45) is 5.26. The molecule has 0 unspecified atom stereocenters. The quantitative estimate of drug-likeness (QED) is 0.711. The first-order chi connectivity index (χ1) is 12.2. The van der Waals surface area contributed by atoms with Crippen molar-refractivity contribution >= 4 is 0 Å². The second-order valence-corrected chi connectivity index (χ2v) is 5.22. The SMILES string of the molecule is C#CCOc1ccccc1CNCc1cc(OC)c(OC)cc1OC. The van der Waals surface area contributed by atoms with Crippen LogP contribution in [0.2, 0.25) is 0 Å². The molecule has 0 aliphatic heterocycles. The molecule has 132 valence electrons. The average molecular weight is 341 g/mol. The fourth-order valence-corrected chi connectivity index (χ4v) is 2.47. The van der Waals surface area contributed by atoms with Crippen molar-refractivity contribution in [2.75, 3.05) is 27.9 Å². The second-order valence-electron chi connectivity index (χ2n) is 5.22. The summed E-state index contributed by atoms with van der Waals surface area (Å²) in [5.41, 5.74) is 2.01. The van der Waals surface area contributed by atoms with Crippen LogP contribution in [0.1, 0.15) is 11.1 Å². The molecule has 0 amide bonds. The van der Waals surface area contributed by atoms with Gasteiger partial charge in [-0.05, 0) is 12.1 Å². The number of methoxy groups -OCH3 is 3. The summed E-state index contributed by atoms with van der Waals surface area (Å²) in [5, 5.41) is 3.39. The standard InChI is InChI=1S/C20H23NO4/c1-5-10-25-17-9-7-6-8-15(17)13-21-14-16-11-19(23-3)20(24-4)12-18(16)22-2/h1,6-9,11-12,21H,10,13-14H2,2-4H3. The Bertz CT molecular complexity index is 737. The molecule has 0 bridgehead atoms. The Labute approximate surface area is 148 Å². The van der Waals surface area contributed by atoms with Crippen LogP contribution in [0.15, 0.2) is 36.4 Å². The van der Waals surface area contributed by atoms with E-state index in [1.54, 1.807) is 21.3 Å². The van der Waals surface area contributed by atoms with Crippen LogP contribution in [0.5, 0.6) is 23.0 Å². The number of hydrogen-bond acceptors (Lipinski definition) is 5. The third-order valence-corrected chi connectivity index (χ3v) is 3.70. The van der Waals surface area contributed by atoms with E-state index >= 15 is 0 Å². The van der Waals surface area contributed by atoms with Crippen molar-refractivity contribution in [2.45, 2.75) is 13.1 Å². The van der Waals surface area contributed by atoms with Gasteiger partial charge in [-0.1, -0.05) is 24.1 Å². The van der Waals surface area contributed by atoms with E-state index in [0.29, 0.717) is 24.6 Å². The second kappa shape index (κ2) is 9.45. The van der Waals surface area contributed by atoms with Crippen molar-refractivity contribution in [2.24, 2.45) is 0 Å². The third kappa shape index (κ3) is 4.82. The molecule has 0 saturated heterocycles. The van der Waals surface area contributed by atoms with E-state index < -0.39 is 0 Å². The topological polar surface area (TPSA) is 49.0 Å². The molecule has 0 aliphatic carbocycles. The Morgan fingerprint density at radius 3 is 2.16 bits per heavy atom. The minimum atomic E-state index is 0.251. The lowest BCUT2D eigenvalue weighted by atomic mass is 10.1. The Morgan fingerprint density at radius 2 is 1.48 bits per heavy atom. The van der Waals surface area contributed by atoms with Crippen molar-refractivity contribution < 1.29 is 18.9 Å². The number of nitrogens with one attached hydrogen (secondary N) is 1. The maximum atomic E-state index is 5.56. The molecule has 0 fully saturated rings. The minimum Gasteiger partial charge on any atom is -0.496 e. The molecule has 5 nitrogen and oxygen atoms in total. The Hall–Kier alpha value is -2.84. The zero-order valence-corrected chi connectivity index (χ0v) is 14.8. The minimum absolute atomic E-state index is 0.251. The molecule has 5 heteroatoms. The molecule has 1 N–H and O–H groups in total. The Kier molecular flexibility index (Phi) is 7.00. The Balaban J connectivity index is 2.08. The van der Waals surface area contributed by atoms with Crippen molar-refractivity contribution in [3.63, 3.8) is 0 Å². The van der Waals surface area contributed by atoms with Gasteiger partial charge >= 0.3 is 0 Å². The molecule has 0 radical (unpaired) electrons. The lowest BCUT2D eigenvalue weighted by molar-refractivity contribution is 0.347. The summed E-state index contributed by atoms with van der Waals surface area (Å²) in [6, 6.07) is 11.5. The highest BCUT2D eigenvalue weighted by molar-refractivity contribution is 5.50. The average Bonchev–Trinajstić information content (AvgIpc) is 2.66. The van der Waals surface area contributed by atoms with Crippen molar-refractivity contribution in [3.8, 4) is 35.3 Å². The van der Waals surface area contributed by atoms with E-state index in [9.17, 15) is 0 Å². The molecule has 0 aromatic heterocycles. The van der Waals surface area contributed by atoms with Crippen LogP contribution in [0.4, 0.5) is 0 Å². The summed E-state index contributed by atoms with van der Waals surface area (Å²) >= 11 is 0. The maximum Gasteiger partial charge on any atom is 0.164 e.